The van der Waals surface area contributed by atoms with Crippen molar-refractivity contribution in [3.63, 3.8) is 0 Å². The molecule has 1 aliphatic rings. The Kier molecular flexibility index (Phi) is 3.74. The summed E-state index contributed by atoms with van der Waals surface area (Å²) in [6.07, 6.45) is 0.376. The van der Waals surface area contributed by atoms with E-state index in [1.165, 1.54) is 0 Å². The smallest absolute Gasteiger partial charge is 0.322 e. The van der Waals surface area contributed by atoms with Crippen LogP contribution in [-0.2, 0) is 14.8 Å². The highest BCUT2D eigenvalue weighted by atomic mass is 32.2. The summed E-state index contributed by atoms with van der Waals surface area (Å²) in [4.78, 5) is 9.90. The third kappa shape index (κ3) is 2.38. The quantitative estimate of drug-likeness (QED) is 0.855. The van der Waals surface area contributed by atoms with Crippen molar-refractivity contribution < 1.29 is 31.5 Å². The van der Waals surface area contributed by atoms with Gasteiger partial charge in [-0.25, -0.2) is 21.6 Å². The molecule has 1 heterocycles. The van der Waals surface area contributed by atoms with Crippen LogP contribution in [0.1, 0.15) is 12.8 Å². The van der Waals surface area contributed by atoms with E-state index in [1.807, 2.05) is 0 Å². The minimum absolute atomic E-state index is 0.0832. The lowest BCUT2D eigenvalue weighted by atomic mass is 10.2. The first kappa shape index (κ1) is 14.8. The molecular formula is C11H10F3NO4S. The van der Waals surface area contributed by atoms with Gasteiger partial charge < -0.3 is 5.11 Å². The zero-order valence-electron chi connectivity index (χ0n) is 10.0. The number of hydrogen-bond acceptors (Lipinski definition) is 3. The van der Waals surface area contributed by atoms with Gasteiger partial charge in [-0.05, 0) is 18.9 Å². The van der Waals surface area contributed by atoms with Crippen LogP contribution < -0.4 is 0 Å². The average molecular weight is 309 g/mol. The predicted molar refractivity (Wildman–Crippen MR) is 60.9 cm³/mol. The summed E-state index contributed by atoms with van der Waals surface area (Å²) in [5.74, 6) is -5.86. The van der Waals surface area contributed by atoms with E-state index in [1.54, 1.807) is 0 Å². The van der Waals surface area contributed by atoms with Gasteiger partial charge in [0.15, 0.2) is 11.6 Å². The molecule has 1 fully saturated rings. The highest BCUT2D eigenvalue weighted by molar-refractivity contribution is 7.89. The summed E-state index contributed by atoms with van der Waals surface area (Å²) in [5, 5.41) is 8.93. The minimum Gasteiger partial charge on any atom is -0.480 e. The summed E-state index contributed by atoms with van der Waals surface area (Å²) < 4.78 is 64.4. The summed E-state index contributed by atoms with van der Waals surface area (Å²) in [6, 6.07) is -0.988. The maximum absolute atomic E-state index is 13.5. The molecule has 1 aromatic carbocycles. The summed E-state index contributed by atoms with van der Waals surface area (Å²) in [6.45, 7) is -0.113. The van der Waals surface area contributed by atoms with Crippen molar-refractivity contribution in [2.75, 3.05) is 6.54 Å². The van der Waals surface area contributed by atoms with E-state index in [-0.39, 0.29) is 25.1 Å². The fourth-order valence-corrected chi connectivity index (χ4v) is 3.81. The number of sulfonamides is 1. The normalized spacial score (nSPS) is 20.2. The van der Waals surface area contributed by atoms with Crippen LogP contribution in [0.2, 0.25) is 0 Å². The highest BCUT2D eigenvalue weighted by Crippen LogP contribution is 2.28. The molecule has 0 spiro atoms. The van der Waals surface area contributed by atoms with Crippen molar-refractivity contribution >= 4 is 16.0 Å². The molecule has 0 aliphatic carbocycles. The number of nitrogens with zero attached hydrogens (tertiary/aromatic N) is 1. The first-order valence-electron chi connectivity index (χ1n) is 5.64. The molecular weight excluding hydrogens is 299 g/mol. The second kappa shape index (κ2) is 5.06. The molecule has 1 N–H and O–H groups in total. The molecule has 1 aliphatic heterocycles. The van der Waals surface area contributed by atoms with E-state index in [2.05, 4.69) is 0 Å². The first-order chi connectivity index (χ1) is 9.25. The standard InChI is InChI=1S/C11H10F3NO4S/c12-6-4-8(14)10(5-7(6)13)20(18,19)15-3-1-2-9(15)11(16)17/h4-5,9H,1-3H2,(H,16,17). The van der Waals surface area contributed by atoms with Gasteiger partial charge in [0.2, 0.25) is 10.0 Å². The van der Waals surface area contributed by atoms with Crippen LogP contribution in [0.5, 0.6) is 0 Å². The number of rotatable bonds is 3. The van der Waals surface area contributed by atoms with Gasteiger partial charge >= 0.3 is 5.97 Å². The third-order valence-corrected chi connectivity index (χ3v) is 4.97. The Morgan fingerprint density at radius 2 is 1.80 bits per heavy atom. The summed E-state index contributed by atoms with van der Waals surface area (Å²) in [7, 11) is -4.53. The fourth-order valence-electron chi connectivity index (χ4n) is 2.10. The number of benzene rings is 1. The SMILES string of the molecule is O=C(O)C1CCCN1S(=O)(=O)c1cc(F)c(F)cc1F. The minimum atomic E-state index is -4.53. The molecule has 0 saturated carbocycles. The van der Waals surface area contributed by atoms with Gasteiger partial charge in [0, 0.05) is 12.6 Å². The van der Waals surface area contributed by atoms with Gasteiger partial charge in [-0.1, -0.05) is 0 Å². The van der Waals surface area contributed by atoms with Crippen molar-refractivity contribution in [3.8, 4) is 0 Å². The second-order valence-electron chi connectivity index (χ2n) is 4.31. The number of hydrogen-bond donors (Lipinski definition) is 1. The molecule has 5 nitrogen and oxygen atoms in total. The molecule has 0 radical (unpaired) electrons. The van der Waals surface area contributed by atoms with E-state index in [0.717, 1.165) is 0 Å². The number of carbonyl (C=O) groups is 1. The Bertz CT molecular complexity index is 662. The molecule has 0 bridgehead atoms. The third-order valence-electron chi connectivity index (χ3n) is 3.05. The summed E-state index contributed by atoms with van der Waals surface area (Å²) in [5.41, 5.74) is 0. The number of carboxylic acid groups (broad SMARTS) is 1. The second-order valence-corrected chi connectivity index (χ2v) is 6.17. The van der Waals surface area contributed by atoms with Crippen LogP contribution in [0.25, 0.3) is 0 Å². The van der Waals surface area contributed by atoms with Crippen LogP contribution >= 0.6 is 0 Å². The average Bonchev–Trinajstić information content (AvgIpc) is 2.83. The van der Waals surface area contributed by atoms with Crippen LogP contribution in [0, 0.1) is 17.5 Å². The lowest BCUT2D eigenvalue weighted by Gasteiger charge is -2.21. The number of carboxylic acids is 1. The zero-order chi connectivity index (χ0) is 15.1. The Labute approximate surface area is 112 Å². The van der Waals surface area contributed by atoms with Crippen LogP contribution in [0.15, 0.2) is 17.0 Å². The van der Waals surface area contributed by atoms with E-state index in [4.69, 9.17) is 5.11 Å². The van der Waals surface area contributed by atoms with Gasteiger partial charge in [0.25, 0.3) is 0 Å². The van der Waals surface area contributed by atoms with Gasteiger partial charge in [-0.3, -0.25) is 4.79 Å². The van der Waals surface area contributed by atoms with Gasteiger partial charge in [0.1, 0.15) is 16.8 Å². The van der Waals surface area contributed by atoms with Crippen LogP contribution in [0.4, 0.5) is 13.2 Å². The molecule has 1 atom stereocenters. The Balaban J connectivity index is 2.50. The molecule has 1 saturated heterocycles. The van der Waals surface area contributed by atoms with E-state index >= 15 is 0 Å². The largest absolute Gasteiger partial charge is 0.480 e. The van der Waals surface area contributed by atoms with E-state index < -0.39 is 44.4 Å². The molecule has 1 aromatic rings. The van der Waals surface area contributed by atoms with Crippen molar-refractivity contribution in [1.82, 2.24) is 4.31 Å². The Morgan fingerprint density at radius 1 is 1.20 bits per heavy atom. The van der Waals surface area contributed by atoms with Crippen LogP contribution in [0.3, 0.4) is 0 Å². The fraction of sp³-hybridized carbons (Fsp3) is 0.364. The topological polar surface area (TPSA) is 74.7 Å². The monoisotopic (exact) mass is 309 g/mol. The number of aliphatic carboxylic acids is 1. The van der Waals surface area contributed by atoms with Gasteiger partial charge in [-0.2, -0.15) is 4.31 Å². The maximum atomic E-state index is 13.5. The lowest BCUT2D eigenvalue weighted by molar-refractivity contribution is -0.140. The van der Waals surface area contributed by atoms with Gasteiger partial charge in [0.05, 0.1) is 0 Å². The Hall–Kier alpha value is -1.61. The first-order valence-corrected chi connectivity index (χ1v) is 7.08. The van der Waals surface area contributed by atoms with E-state index in [0.29, 0.717) is 10.7 Å². The highest BCUT2D eigenvalue weighted by Gasteiger charge is 2.40. The predicted octanol–water partition coefficient (Wildman–Crippen LogP) is 1.34. The molecule has 20 heavy (non-hydrogen) atoms. The molecule has 9 heteroatoms. The molecule has 110 valence electrons. The van der Waals surface area contributed by atoms with E-state index in [9.17, 15) is 26.4 Å². The van der Waals surface area contributed by atoms with Crippen molar-refractivity contribution in [1.29, 1.82) is 0 Å². The molecule has 0 aromatic heterocycles. The van der Waals surface area contributed by atoms with Gasteiger partial charge in [-0.15, -0.1) is 0 Å². The molecule has 1 unspecified atom stereocenters. The van der Waals surface area contributed by atoms with Crippen molar-refractivity contribution in [3.05, 3.63) is 29.6 Å². The number of halogens is 3. The lowest BCUT2D eigenvalue weighted by Crippen LogP contribution is -2.40. The van der Waals surface area contributed by atoms with Crippen LogP contribution in [-0.4, -0.2) is 36.4 Å². The van der Waals surface area contributed by atoms with Crippen molar-refractivity contribution in [2.24, 2.45) is 0 Å². The maximum Gasteiger partial charge on any atom is 0.322 e. The zero-order valence-corrected chi connectivity index (χ0v) is 10.8. The molecule has 2 rings (SSSR count). The Morgan fingerprint density at radius 3 is 2.40 bits per heavy atom. The summed E-state index contributed by atoms with van der Waals surface area (Å²) >= 11 is 0. The van der Waals surface area contributed by atoms with Crippen molar-refractivity contribution in [2.45, 2.75) is 23.8 Å². The molecule has 0 amide bonds.